The molecule has 0 aliphatic rings. The number of carboxylic acid groups (broad SMARTS) is 1. The van der Waals surface area contributed by atoms with Gasteiger partial charge in [0.2, 0.25) is 0 Å². The van der Waals surface area contributed by atoms with E-state index in [1.807, 2.05) is 6.07 Å². The Kier molecular flexibility index (Phi) is 5.82. The highest BCUT2D eigenvalue weighted by molar-refractivity contribution is 7.10. The Morgan fingerprint density at radius 3 is 2.44 bits per heavy atom. The first-order chi connectivity index (χ1) is 8.41. The van der Waals surface area contributed by atoms with E-state index >= 15 is 0 Å². The molecule has 102 valence electrons. The molecule has 3 nitrogen and oxygen atoms in total. The molecule has 1 unspecified atom stereocenters. The van der Waals surface area contributed by atoms with Crippen molar-refractivity contribution in [1.82, 2.24) is 4.90 Å². The van der Waals surface area contributed by atoms with Gasteiger partial charge in [-0.3, -0.25) is 9.69 Å². The first-order valence-corrected chi connectivity index (χ1v) is 7.29. The molecule has 0 saturated heterocycles. The maximum absolute atomic E-state index is 11.0. The molecule has 0 radical (unpaired) electrons. The van der Waals surface area contributed by atoms with Crippen LogP contribution in [0.2, 0.25) is 0 Å². The summed E-state index contributed by atoms with van der Waals surface area (Å²) in [5, 5.41) is 11.1. The minimum Gasteiger partial charge on any atom is -0.480 e. The van der Waals surface area contributed by atoms with Crippen LogP contribution in [0, 0.1) is 11.8 Å². The molecule has 1 aromatic rings. The molecule has 0 aliphatic heterocycles. The number of carbonyl (C=O) groups is 1. The van der Waals surface area contributed by atoms with Crippen LogP contribution in [-0.2, 0) is 4.79 Å². The van der Waals surface area contributed by atoms with Gasteiger partial charge in [-0.2, -0.15) is 0 Å². The zero-order valence-electron chi connectivity index (χ0n) is 11.6. The van der Waals surface area contributed by atoms with Crippen molar-refractivity contribution in [1.29, 1.82) is 0 Å². The second-order valence-corrected chi connectivity index (χ2v) is 6.40. The summed E-state index contributed by atoms with van der Waals surface area (Å²) >= 11 is 1.71. The lowest BCUT2D eigenvalue weighted by Crippen LogP contribution is -2.38. The molecule has 1 heterocycles. The quantitative estimate of drug-likeness (QED) is 0.823. The molecule has 1 aromatic heterocycles. The molecule has 4 heteroatoms. The van der Waals surface area contributed by atoms with E-state index in [1.165, 1.54) is 4.88 Å². The predicted molar refractivity (Wildman–Crippen MR) is 75.9 cm³/mol. The molecule has 0 spiro atoms. The van der Waals surface area contributed by atoms with Crippen LogP contribution in [0.5, 0.6) is 0 Å². The minimum atomic E-state index is -0.752. The van der Waals surface area contributed by atoms with Gasteiger partial charge >= 0.3 is 5.97 Å². The van der Waals surface area contributed by atoms with Gasteiger partial charge in [0.15, 0.2) is 0 Å². The van der Waals surface area contributed by atoms with Crippen molar-refractivity contribution in [2.24, 2.45) is 11.8 Å². The van der Waals surface area contributed by atoms with Gasteiger partial charge < -0.3 is 5.11 Å². The molecule has 0 bridgehead atoms. The number of rotatable bonds is 7. The molecular formula is C14H23NO2S. The van der Waals surface area contributed by atoms with Gasteiger partial charge in [0, 0.05) is 17.5 Å². The lowest BCUT2D eigenvalue weighted by Gasteiger charge is -2.33. The fraction of sp³-hybridized carbons (Fsp3) is 0.643. The number of aliphatic carboxylic acids is 1. The second kappa shape index (κ2) is 6.90. The van der Waals surface area contributed by atoms with E-state index in [4.69, 9.17) is 5.11 Å². The molecule has 0 aliphatic carbocycles. The Labute approximate surface area is 113 Å². The Morgan fingerprint density at radius 1 is 1.39 bits per heavy atom. The largest absolute Gasteiger partial charge is 0.480 e. The van der Waals surface area contributed by atoms with Crippen LogP contribution < -0.4 is 0 Å². The zero-order chi connectivity index (χ0) is 13.7. The Balaban J connectivity index is 2.93. The predicted octanol–water partition coefficient (Wildman–Crippen LogP) is 3.49. The monoisotopic (exact) mass is 269 g/mol. The Morgan fingerprint density at radius 2 is 2.06 bits per heavy atom. The number of hydrogen-bond donors (Lipinski definition) is 1. The molecule has 0 aromatic carbocycles. The van der Waals surface area contributed by atoms with E-state index < -0.39 is 5.97 Å². The van der Waals surface area contributed by atoms with Gasteiger partial charge in [0.1, 0.15) is 0 Å². The highest BCUT2D eigenvalue weighted by Gasteiger charge is 2.26. The van der Waals surface area contributed by atoms with Gasteiger partial charge in [-0.05, 0) is 23.3 Å². The van der Waals surface area contributed by atoms with Crippen LogP contribution in [0.3, 0.4) is 0 Å². The van der Waals surface area contributed by atoms with Gasteiger partial charge in [-0.1, -0.05) is 33.8 Å². The SMILES string of the molecule is CC(C)CN(CC(=O)O)C(c1cccs1)C(C)C. The third-order valence-corrected chi connectivity index (χ3v) is 3.74. The van der Waals surface area contributed by atoms with Gasteiger partial charge in [0.05, 0.1) is 6.54 Å². The average Bonchev–Trinajstić information content (AvgIpc) is 2.68. The molecular weight excluding hydrogens is 246 g/mol. The van der Waals surface area contributed by atoms with Crippen molar-refractivity contribution < 1.29 is 9.90 Å². The van der Waals surface area contributed by atoms with E-state index in [0.29, 0.717) is 11.8 Å². The van der Waals surface area contributed by atoms with Crippen LogP contribution in [0.1, 0.15) is 38.6 Å². The third-order valence-electron chi connectivity index (χ3n) is 2.80. The van der Waals surface area contributed by atoms with Gasteiger partial charge in [-0.25, -0.2) is 0 Å². The topological polar surface area (TPSA) is 40.5 Å². The highest BCUT2D eigenvalue weighted by atomic mass is 32.1. The van der Waals surface area contributed by atoms with Crippen molar-refractivity contribution in [2.45, 2.75) is 33.7 Å². The van der Waals surface area contributed by atoms with Crippen LogP contribution in [0.15, 0.2) is 17.5 Å². The van der Waals surface area contributed by atoms with Crippen molar-refractivity contribution in [3.05, 3.63) is 22.4 Å². The minimum absolute atomic E-state index is 0.110. The molecule has 0 fully saturated rings. The summed E-state index contributed by atoms with van der Waals surface area (Å²) < 4.78 is 0. The maximum atomic E-state index is 11.0. The van der Waals surface area contributed by atoms with Crippen molar-refractivity contribution in [2.75, 3.05) is 13.1 Å². The van der Waals surface area contributed by atoms with Crippen LogP contribution in [0.25, 0.3) is 0 Å². The summed E-state index contributed by atoms with van der Waals surface area (Å²) in [6.07, 6.45) is 0. The Bertz CT molecular complexity index is 360. The molecule has 0 saturated carbocycles. The third kappa shape index (κ3) is 4.42. The lowest BCUT2D eigenvalue weighted by atomic mass is 9.99. The molecule has 18 heavy (non-hydrogen) atoms. The maximum Gasteiger partial charge on any atom is 0.317 e. The standard InChI is InChI=1S/C14H23NO2S/c1-10(2)8-15(9-13(16)17)14(11(3)4)12-6-5-7-18-12/h5-7,10-11,14H,8-9H2,1-4H3,(H,16,17). The number of thiophene rings is 1. The summed E-state index contributed by atoms with van der Waals surface area (Å²) in [7, 11) is 0. The molecule has 1 rings (SSSR count). The normalized spacial score (nSPS) is 13.5. The highest BCUT2D eigenvalue weighted by Crippen LogP contribution is 2.32. The van der Waals surface area contributed by atoms with Gasteiger partial charge in [0.25, 0.3) is 0 Å². The van der Waals surface area contributed by atoms with Crippen LogP contribution in [0.4, 0.5) is 0 Å². The summed E-state index contributed by atoms with van der Waals surface area (Å²) in [5.74, 6) is 0.116. The van der Waals surface area contributed by atoms with Crippen molar-refractivity contribution >= 4 is 17.3 Å². The first-order valence-electron chi connectivity index (χ1n) is 6.41. The lowest BCUT2D eigenvalue weighted by molar-refractivity contribution is -0.139. The summed E-state index contributed by atoms with van der Waals surface area (Å²) in [5.41, 5.74) is 0. The number of nitrogens with zero attached hydrogens (tertiary/aromatic N) is 1. The summed E-state index contributed by atoms with van der Waals surface area (Å²) in [4.78, 5) is 14.4. The van der Waals surface area contributed by atoms with E-state index in [1.54, 1.807) is 11.3 Å². The van der Waals surface area contributed by atoms with Crippen LogP contribution >= 0.6 is 11.3 Å². The number of hydrogen-bond acceptors (Lipinski definition) is 3. The second-order valence-electron chi connectivity index (χ2n) is 5.42. The summed E-state index contributed by atoms with van der Waals surface area (Å²) in [6, 6.07) is 4.33. The average molecular weight is 269 g/mol. The molecule has 0 amide bonds. The first kappa shape index (κ1) is 15.2. The smallest absolute Gasteiger partial charge is 0.317 e. The Hall–Kier alpha value is -0.870. The van der Waals surface area contributed by atoms with Crippen LogP contribution in [-0.4, -0.2) is 29.1 Å². The zero-order valence-corrected chi connectivity index (χ0v) is 12.4. The molecule has 1 atom stereocenters. The fourth-order valence-electron chi connectivity index (χ4n) is 2.31. The van der Waals surface area contributed by atoms with E-state index in [-0.39, 0.29) is 12.6 Å². The summed E-state index contributed by atoms with van der Waals surface area (Å²) in [6.45, 7) is 9.48. The fourth-order valence-corrected chi connectivity index (χ4v) is 3.34. The van der Waals surface area contributed by atoms with Crippen molar-refractivity contribution in [3.8, 4) is 0 Å². The van der Waals surface area contributed by atoms with E-state index in [0.717, 1.165) is 6.54 Å². The van der Waals surface area contributed by atoms with E-state index in [9.17, 15) is 4.79 Å². The molecule has 1 N–H and O–H groups in total. The van der Waals surface area contributed by atoms with E-state index in [2.05, 4.69) is 44.0 Å². The van der Waals surface area contributed by atoms with Gasteiger partial charge in [-0.15, -0.1) is 11.3 Å². The van der Waals surface area contributed by atoms with Crippen molar-refractivity contribution in [3.63, 3.8) is 0 Å². The number of carboxylic acids is 1.